The molecule has 2 aliphatic heterocycles. The van der Waals surface area contributed by atoms with Crippen molar-refractivity contribution < 1.29 is 45.3 Å². The van der Waals surface area contributed by atoms with Gasteiger partial charge in [-0.15, -0.1) is 22.7 Å². The largest absolute Gasteiger partial charge is 0.497 e. The molecular weight excluding hydrogens is 996 g/mol. The highest BCUT2D eigenvalue weighted by atomic mass is 35.5. The summed E-state index contributed by atoms with van der Waals surface area (Å²) in [6, 6.07) is 20.6. The van der Waals surface area contributed by atoms with Crippen molar-refractivity contribution >= 4 is 76.2 Å². The van der Waals surface area contributed by atoms with E-state index in [1.807, 2.05) is 41.1 Å². The van der Waals surface area contributed by atoms with Crippen molar-refractivity contribution in [3.05, 3.63) is 116 Å². The van der Waals surface area contributed by atoms with E-state index in [0.717, 1.165) is 44.3 Å². The van der Waals surface area contributed by atoms with Crippen LogP contribution in [0.5, 0.6) is 34.5 Å². The van der Waals surface area contributed by atoms with Crippen LogP contribution in [-0.2, 0) is 32.9 Å². The number of anilines is 2. The van der Waals surface area contributed by atoms with E-state index in [2.05, 4.69) is 9.80 Å². The second-order valence-electron chi connectivity index (χ2n) is 15.4. The lowest BCUT2D eigenvalue weighted by molar-refractivity contribution is 0.353. The Bertz CT molecular complexity index is 2880. The van der Waals surface area contributed by atoms with E-state index >= 15 is 0 Å². The summed E-state index contributed by atoms with van der Waals surface area (Å²) in [6.45, 7) is 3.74. The Morgan fingerprint density at radius 1 is 0.485 bits per heavy atom. The number of methoxy groups -OCH3 is 6. The smallest absolute Gasteiger partial charge is 0.243 e. The number of piperazine rings is 2. The zero-order chi connectivity index (χ0) is 48.6. The number of thiazole rings is 2. The van der Waals surface area contributed by atoms with E-state index in [1.54, 1.807) is 67.2 Å². The molecule has 0 saturated carbocycles. The van der Waals surface area contributed by atoms with Crippen molar-refractivity contribution in [3.63, 3.8) is 0 Å². The van der Waals surface area contributed by atoms with Crippen LogP contribution in [0.4, 0.5) is 10.3 Å². The van der Waals surface area contributed by atoms with Crippen LogP contribution >= 0.6 is 45.9 Å². The van der Waals surface area contributed by atoms with Crippen molar-refractivity contribution in [2.45, 2.75) is 22.6 Å². The molecule has 22 heteroatoms. The van der Waals surface area contributed by atoms with Gasteiger partial charge in [-0.25, -0.2) is 26.8 Å². The predicted molar refractivity (Wildman–Crippen MR) is 267 cm³/mol. The summed E-state index contributed by atoms with van der Waals surface area (Å²) in [5.41, 5.74) is 3.96. The summed E-state index contributed by atoms with van der Waals surface area (Å²) in [6.07, 6.45) is 1.30. The number of nitrogens with zero attached hydrogens (tertiary/aromatic N) is 6. The molecule has 2 saturated heterocycles. The molecule has 2 fully saturated rings. The van der Waals surface area contributed by atoms with Crippen LogP contribution < -0.4 is 38.2 Å². The molecular formula is C46H52Cl2N6O10S4. The van der Waals surface area contributed by atoms with Crippen LogP contribution in [-0.4, -0.2) is 130 Å². The van der Waals surface area contributed by atoms with Crippen molar-refractivity contribution in [1.82, 2.24) is 18.6 Å². The molecule has 0 atom stereocenters. The van der Waals surface area contributed by atoms with Crippen LogP contribution in [0.25, 0.3) is 0 Å². The van der Waals surface area contributed by atoms with Crippen molar-refractivity contribution in [3.8, 4) is 34.5 Å². The van der Waals surface area contributed by atoms with Crippen LogP contribution in [0.2, 0.25) is 10.0 Å². The maximum Gasteiger partial charge on any atom is 0.243 e. The fourth-order valence-electron chi connectivity index (χ4n) is 7.57. The number of hydrogen-bond donors (Lipinski definition) is 0. The SMILES string of the molecule is COc1cc(Cc2csc(N3CCN(S(=O)(=O)c4ccc(OC)c(OC)c4)CC3)n2)cc(OC)c1.COc1ccc(S(=O)(=O)N2CCN(c3nc(Cc4ccc(Cl)c(Cl)c4)cs3)CC2)cc1OC. The summed E-state index contributed by atoms with van der Waals surface area (Å²) in [5, 5.41) is 6.88. The number of aromatic nitrogens is 2. The number of hydrogen-bond acceptors (Lipinski definition) is 16. The molecule has 4 heterocycles. The zero-order valence-corrected chi connectivity index (χ0v) is 43.1. The molecule has 0 amide bonds. The van der Waals surface area contributed by atoms with Gasteiger partial charge in [0, 0.05) is 94.2 Å². The van der Waals surface area contributed by atoms with E-state index in [-0.39, 0.29) is 9.79 Å². The summed E-state index contributed by atoms with van der Waals surface area (Å²) in [4.78, 5) is 14.1. The van der Waals surface area contributed by atoms with E-state index in [0.29, 0.717) is 98.2 Å². The molecule has 16 nitrogen and oxygen atoms in total. The molecule has 0 N–H and O–H groups in total. The maximum atomic E-state index is 13.2. The molecule has 68 heavy (non-hydrogen) atoms. The number of ether oxygens (including phenoxy) is 6. The first kappa shape index (κ1) is 50.8. The lowest BCUT2D eigenvalue weighted by atomic mass is 10.1. The third kappa shape index (κ3) is 11.8. The van der Waals surface area contributed by atoms with Gasteiger partial charge in [-0.05, 0) is 59.7 Å². The van der Waals surface area contributed by atoms with Gasteiger partial charge in [0.05, 0.1) is 73.9 Å². The van der Waals surface area contributed by atoms with Crippen LogP contribution in [0.1, 0.15) is 22.5 Å². The van der Waals surface area contributed by atoms with Crippen LogP contribution in [0.3, 0.4) is 0 Å². The highest BCUT2D eigenvalue weighted by Gasteiger charge is 2.32. The number of rotatable bonds is 16. The van der Waals surface area contributed by atoms with Crippen LogP contribution in [0, 0.1) is 0 Å². The normalized spacial score (nSPS) is 14.8. The van der Waals surface area contributed by atoms with Gasteiger partial charge < -0.3 is 38.2 Å². The third-order valence-electron chi connectivity index (χ3n) is 11.2. The predicted octanol–water partition coefficient (Wildman–Crippen LogP) is 7.85. The summed E-state index contributed by atoms with van der Waals surface area (Å²) < 4.78 is 87.3. The minimum absolute atomic E-state index is 0.187. The molecule has 0 aliphatic carbocycles. The van der Waals surface area contributed by atoms with Gasteiger partial charge in [-0.2, -0.15) is 8.61 Å². The minimum atomic E-state index is -3.64. The standard InChI is InChI=1S/C24H29N3O6S2.C22H23Cl2N3O4S2/c1-30-19-12-17(13-20(14-19)31-2)11-18-16-34-24(25-18)26-7-9-27(10-8-26)35(28,29)21-5-6-22(32-3)23(15-21)33-4;1-30-20-6-4-17(13-21(20)31-2)33(28,29)27-9-7-26(8-10-27)22-25-16(14-32-22)11-15-3-5-18(23)19(24)12-15/h5-6,12-16H,7-11H2,1-4H3;3-6,12-14H,7-11H2,1-2H3. The average molecular weight is 1050 g/mol. The molecule has 364 valence electrons. The molecule has 2 aromatic heterocycles. The van der Waals surface area contributed by atoms with Gasteiger partial charge in [-0.3, -0.25) is 0 Å². The van der Waals surface area contributed by atoms with Gasteiger partial charge >= 0.3 is 0 Å². The van der Waals surface area contributed by atoms with E-state index < -0.39 is 20.0 Å². The first-order valence-corrected chi connectivity index (χ1v) is 26.6. The Morgan fingerprint density at radius 3 is 1.31 bits per heavy atom. The molecule has 6 aromatic rings. The van der Waals surface area contributed by atoms with E-state index in [4.69, 9.17) is 61.6 Å². The average Bonchev–Trinajstić information content (AvgIpc) is 4.04. The van der Waals surface area contributed by atoms with Crippen molar-refractivity contribution in [2.75, 3.05) is 105 Å². The van der Waals surface area contributed by atoms with Crippen molar-refractivity contribution in [2.24, 2.45) is 0 Å². The first-order valence-electron chi connectivity index (χ1n) is 21.2. The van der Waals surface area contributed by atoms with E-state index in [1.165, 1.54) is 49.2 Å². The second-order valence-corrected chi connectivity index (χ2v) is 21.7. The van der Waals surface area contributed by atoms with Gasteiger partial charge in [0.15, 0.2) is 33.3 Å². The van der Waals surface area contributed by atoms with Gasteiger partial charge in [0.2, 0.25) is 20.0 Å². The molecule has 0 unspecified atom stereocenters. The van der Waals surface area contributed by atoms with E-state index in [9.17, 15) is 16.8 Å². The molecule has 8 rings (SSSR count). The first-order chi connectivity index (χ1) is 32.7. The Kier molecular flexibility index (Phi) is 16.9. The molecule has 2 aliphatic rings. The fraction of sp³-hybridized carbons (Fsp3) is 0.348. The van der Waals surface area contributed by atoms with Gasteiger partial charge in [0.1, 0.15) is 11.5 Å². The van der Waals surface area contributed by atoms with Crippen molar-refractivity contribution in [1.29, 1.82) is 0 Å². The quantitative estimate of drug-likeness (QED) is 0.0921. The Hall–Kier alpha value is -5.06. The fourth-order valence-corrected chi connectivity index (χ4v) is 12.5. The lowest BCUT2D eigenvalue weighted by Gasteiger charge is -2.33. The number of benzene rings is 4. The Morgan fingerprint density at radius 2 is 0.912 bits per heavy atom. The Labute approximate surface area is 415 Å². The number of sulfonamides is 2. The highest BCUT2D eigenvalue weighted by Crippen LogP contribution is 2.34. The molecule has 4 aromatic carbocycles. The lowest BCUT2D eigenvalue weighted by Crippen LogP contribution is -2.48. The van der Waals surface area contributed by atoms with Crippen LogP contribution in [0.15, 0.2) is 93.3 Å². The summed E-state index contributed by atoms with van der Waals surface area (Å²) >= 11 is 15.2. The summed E-state index contributed by atoms with van der Waals surface area (Å²) in [5.74, 6) is 3.22. The second kappa shape index (κ2) is 22.6. The monoisotopic (exact) mass is 1050 g/mol. The highest BCUT2D eigenvalue weighted by molar-refractivity contribution is 7.89. The maximum absolute atomic E-state index is 13.2. The molecule has 0 radical (unpaired) electrons. The van der Waals surface area contributed by atoms with Gasteiger partial charge in [0.25, 0.3) is 0 Å². The summed E-state index contributed by atoms with van der Waals surface area (Å²) in [7, 11) is 1.98. The topological polar surface area (TPSA) is 162 Å². The third-order valence-corrected chi connectivity index (χ3v) is 17.7. The van der Waals surface area contributed by atoms with Gasteiger partial charge in [-0.1, -0.05) is 29.3 Å². The molecule has 0 bridgehead atoms. The number of halogens is 2. The molecule has 0 spiro atoms. The minimum Gasteiger partial charge on any atom is -0.497 e. The Balaban J connectivity index is 0.000000202. The zero-order valence-electron chi connectivity index (χ0n) is 38.3.